The molecule has 1 unspecified atom stereocenters. The Morgan fingerprint density at radius 2 is 2.15 bits per heavy atom. The van der Waals surface area contributed by atoms with Crippen molar-refractivity contribution in [1.82, 2.24) is 9.78 Å². The van der Waals surface area contributed by atoms with E-state index < -0.39 is 11.2 Å². The van der Waals surface area contributed by atoms with Crippen molar-refractivity contribution >= 4 is 19.5 Å². The van der Waals surface area contributed by atoms with Crippen molar-refractivity contribution in [2.45, 2.75) is 44.8 Å². The largest absolute Gasteiger partial charge is 0.430 e. The molecule has 1 aromatic rings. The van der Waals surface area contributed by atoms with Gasteiger partial charge in [0.25, 0.3) is 0 Å². The minimum Gasteiger partial charge on any atom is -0.430 e. The highest BCUT2D eigenvalue weighted by atomic mass is 16.5. The zero-order chi connectivity index (χ0) is 14.8. The van der Waals surface area contributed by atoms with Gasteiger partial charge in [-0.05, 0) is 33.8 Å². The summed E-state index contributed by atoms with van der Waals surface area (Å²) in [6, 6.07) is 1.84. The van der Waals surface area contributed by atoms with Crippen LogP contribution in [-0.4, -0.2) is 58.1 Å². The first-order valence-electron chi connectivity index (χ1n) is 6.61. The van der Waals surface area contributed by atoms with E-state index in [2.05, 4.69) is 15.1 Å². The number of aliphatic hydroxyl groups is 1. The number of aromatic nitrogens is 2. The van der Waals surface area contributed by atoms with Gasteiger partial charge in [-0.25, -0.2) is 4.68 Å². The molecule has 0 saturated carbocycles. The first kappa shape index (κ1) is 14.9. The second-order valence-electron chi connectivity index (χ2n) is 5.82. The fraction of sp³-hybridized carbons (Fsp3) is 0.615. The highest BCUT2D eigenvalue weighted by molar-refractivity contribution is 6.35. The first-order chi connectivity index (χ1) is 9.29. The van der Waals surface area contributed by atoms with Gasteiger partial charge in [-0.15, -0.1) is 0 Å². The van der Waals surface area contributed by atoms with Crippen molar-refractivity contribution in [3.05, 3.63) is 18.5 Å². The molecule has 1 aliphatic heterocycles. The number of nitrogens with zero attached hydrogens (tertiary/aromatic N) is 4. The third kappa shape index (κ3) is 3.35. The van der Waals surface area contributed by atoms with E-state index in [9.17, 15) is 5.11 Å². The molecule has 0 aliphatic carbocycles. The highest BCUT2D eigenvalue weighted by Gasteiger charge is 2.36. The molecule has 1 aliphatic rings. The van der Waals surface area contributed by atoms with Crippen LogP contribution in [0.25, 0.3) is 0 Å². The Morgan fingerprint density at radius 1 is 1.40 bits per heavy atom. The highest BCUT2D eigenvalue weighted by Crippen LogP contribution is 2.24. The molecule has 1 atom stereocenters. The standard InChI is InChI=1S/C13H20BN4O2/c1-12(2,19)13(3,4)20-14-10-8-16-11(9-15-10)18-7-5-6-17-18/h5-7,9-10,19H,8H2,1-4H3. The van der Waals surface area contributed by atoms with Crippen LogP contribution in [0.5, 0.6) is 0 Å². The van der Waals surface area contributed by atoms with Crippen molar-refractivity contribution in [3.8, 4) is 0 Å². The molecule has 0 spiro atoms. The van der Waals surface area contributed by atoms with Crippen LogP contribution < -0.4 is 0 Å². The van der Waals surface area contributed by atoms with E-state index in [1.165, 1.54) is 0 Å². The number of aliphatic imine (C=N–C) groups is 2. The van der Waals surface area contributed by atoms with E-state index in [0.717, 1.165) is 0 Å². The molecule has 6 nitrogen and oxygen atoms in total. The lowest BCUT2D eigenvalue weighted by Gasteiger charge is -2.38. The molecule has 7 heteroatoms. The fourth-order valence-corrected chi connectivity index (χ4v) is 1.44. The third-order valence-electron chi connectivity index (χ3n) is 3.55. The van der Waals surface area contributed by atoms with E-state index >= 15 is 0 Å². The molecular weight excluding hydrogens is 255 g/mol. The predicted octanol–water partition coefficient (Wildman–Crippen LogP) is 0.725. The minimum absolute atomic E-state index is 0.143. The Labute approximate surface area is 119 Å². The maximum Gasteiger partial charge on any atom is 0.321 e. The molecule has 1 N–H and O–H groups in total. The SMILES string of the molecule is CC(C)(O)C(C)(C)O[B]C1CN=C(n2cccn2)C=N1. The molecule has 107 valence electrons. The van der Waals surface area contributed by atoms with E-state index in [1.807, 2.05) is 26.1 Å². The molecule has 2 heterocycles. The van der Waals surface area contributed by atoms with Gasteiger partial charge in [-0.2, -0.15) is 5.10 Å². The van der Waals surface area contributed by atoms with Crippen LogP contribution in [0.3, 0.4) is 0 Å². The first-order valence-corrected chi connectivity index (χ1v) is 6.61. The van der Waals surface area contributed by atoms with Gasteiger partial charge in [0.2, 0.25) is 0 Å². The quantitative estimate of drug-likeness (QED) is 0.823. The van der Waals surface area contributed by atoms with Gasteiger partial charge in [0.15, 0.2) is 5.84 Å². The van der Waals surface area contributed by atoms with Crippen molar-refractivity contribution in [1.29, 1.82) is 0 Å². The maximum atomic E-state index is 10.0. The molecule has 0 amide bonds. The zero-order valence-corrected chi connectivity index (χ0v) is 12.3. The van der Waals surface area contributed by atoms with Gasteiger partial charge < -0.3 is 9.76 Å². The predicted molar refractivity (Wildman–Crippen MR) is 79.4 cm³/mol. The minimum atomic E-state index is -0.939. The number of rotatable bonds is 4. The van der Waals surface area contributed by atoms with Crippen LogP contribution in [0.4, 0.5) is 0 Å². The van der Waals surface area contributed by atoms with Crippen molar-refractivity contribution < 1.29 is 9.76 Å². The van der Waals surface area contributed by atoms with Crippen LogP contribution in [0.15, 0.2) is 28.4 Å². The Bertz CT molecular complexity index is 503. The molecule has 0 bridgehead atoms. The maximum absolute atomic E-state index is 10.0. The van der Waals surface area contributed by atoms with Crippen LogP contribution in [0, 0.1) is 0 Å². The van der Waals surface area contributed by atoms with Gasteiger partial charge >= 0.3 is 7.48 Å². The Balaban J connectivity index is 1.88. The van der Waals surface area contributed by atoms with E-state index in [-0.39, 0.29) is 5.94 Å². The Kier molecular flexibility index (Phi) is 4.10. The molecule has 2 rings (SSSR count). The van der Waals surface area contributed by atoms with Gasteiger partial charge in [-0.3, -0.25) is 9.98 Å². The lowest BCUT2D eigenvalue weighted by atomic mass is 9.82. The average Bonchev–Trinajstić information content (AvgIpc) is 2.89. The van der Waals surface area contributed by atoms with Gasteiger partial charge in [0.05, 0.1) is 29.9 Å². The average molecular weight is 275 g/mol. The molecule has 1 aromatic heterocycles. The summed E-state index contributed by atoms with van der Waals surface area (Å²) in [4.78, 5) is 8.78. The second-order valence-corrected chi connectivity index (χ2v) is 5.82. The summed E-state index contributed by atoms with van der Waals surface area (Å²) in [7, 11) is 1.64. The zero-order valence-electron chi connectivity index (χ0n) is 12.3. The molecule has 0 saturated heterocycles. The van der Waals surface area contributed by atoms with Crippen LogP contribution in [-0.2, 0) is 4.65 Å². The monoisotopic (exact) mass is 275 g/mol. The summed E-state index contributed by atoms with van der Waals surface area (Å²) >= 11 is 0. The van der Waals surface area contributed by atoms with E-state index in [0.29, 0.717) is 12.4 Å². The Morgan fingerprint density at radius 3 is 2.65 bits per heavy atom. The van der Waals surface area contributed by atoms with Crippen molar-refractivity contribution in [2.24, 2.45) is 9.98 Å². The smallest absolute Gasteiger partial charge is 0.321 e. The van der Waals surface area contributed by atoms with Gasteiger partial charge in [0.1, 0.15) is 0 Å². The topological polar surface area (TPSA) is 72.0 Å². The van der Waals surface area contributed by atoms with Gasteiger partial charge in [0, 0.05) is 12.4 Å². The molecule has 20 heavy (non-hydrogen) atoms. The van der Waals surface area contributed by atoms with Crippen LogP contribution in [0.2, 0.25) is 0 Å². The normalized spacial score (nSPS) is 19.9. The fourth-order valence-electron chi connectivity index (χ4n) is 1.44. The summed E-state index contributed by atoms with van der Waals surface area (Å²) in [5, 5.41) is 14.1. The molecule has 0 fully saturated rings. The van der Waals surface area contributed by atoms with Gasteiger partial charge in [-0.1, -0.05) is 0 Å². The lowest BCUT2D eigenvalue weighted by Crippen LogP contribution is -2.49. The summed E-state index contributed by atoms with van der Waals surface area (Å²) in [6.45, 7) is 7.63. The summed E-state index contributed by atoms with van der Waals surface area (Å²) in [5.74, 6) is 0.567. The molecular formula is C13H20BN4O2. The number of hydrogen-bond donors (Lipinski definition) is 1. The summed E-state index contributed by atoms with van der Waals surface area (Å²) in [5.41, 5.74) is -1.63. The third-order valence-corrected chi connectivity index (χ3v) is 3.55. The lowest BCUT2D eigenvalue weighted by molar-refractivity contribution is -0.0908. The molecule has 0 aromatic carbocycles. The van der Waals surface area contributed by atoms with Crippen LogP contribution >= 0.6 is 0 Å². The van der Waals surface area contributed by atoms with Crippen LogP contribution in [0.1, 0.15) is 27.7 Å². The van der Waals surface area contributed by atoms with Crippen molar-refractivity contribution in [2.75, 3.05) is 6.54 Å². The number of hydrogen-bond acceptors (Lipinski definition) is 5. The van der Waals surface area contributed by atoms with E-state index in [1.54, 1.807) is 38.4 Å². The van der Waals surface area contributed by atoms with E-state index in [4.69, 9.17) is 4.65 Å². The molecule has 1 radical (unpaired) electrons. The Hall–Kier alpha value is -1.47. The summed E-state index contributed by atoms with van der Waals surface area (Å²) in [6.07, 6.45) is 5.20. The summed E-state index contributed by atoms with van der Waals surface area (Å²) < 4.78 is 7.35. The second kappa shape index (κ2) is 5.50. The van der Waals surface area contributed by atoms with Crippen molar-refractivity contribution in [3.63, 3.8) is 0 Å².